The van der Waals surface area contributed by atoms with Crippen molar-refractivity contribution in [1.29, 1.82) is 0 Å². The van der Waals surface area contributed by atoms with E-state index in [0.29, 0.717) is 17.5 Å². The fourth-order valence-corrected chi connectivity index (χ4v) is 5.78. The topological polar surface area (TPSA) is 38.7 Å². The maximum absolute atomic E-state index is 4.96. The standard InChI is InChI=1S/C35H22IN3/c36-28-20-26(32-22-25-15-7-8-16-29(25)30-17-9-10-18-31(30)32)19-27(21-28)35-38-33(23-11-3-1-4-12-23)37-34(39-35)24-13-5-2-6-14-24/h1-22H. The summed E-state index contributed by atoms with van der Waals surface area (Å²) in [7, 11) is 0. The van der Waals surface area contributed by atoms with Crippen LogP contribution in [0.15, 0.2) is 133 Å². The fraction of sp³-hybridized carbons (Fsp3) is 0. The molecule has 7 aromatic rings. The van der Waals surface area contributed by atoms with Crippen LogP contribution in [0.1, 0.15) is 0 Å². The van der Waals surface area contributed by atoms with E-state index in [1.165, 1.54) is 27.1 Å². The van der Waals surface area contributed by atoms with Crippen molar-refractivity contribution in [3.63, 3.8) is 0 Å². The first kappa shape index (κ1) is 23.7. The normalized spacial score (nSPS) is 11.2. The third-order valence-corrected chi connectivity index (χ3v) is 7.56. The van der Waals surface area contributed by atoms with Crippen LogP contribution in [0.5, 0.6) is 0 Å². The lowest BCUT2D eigenvalue weighted by molar-refractivity contribution is 1.07. The minimum Gasteiger partial charge on any atom is -0.208 e. The number of hydrogen-bond donors (Lipinski definition) is 0. The number of hydrogen-bond acceptors (Lipinski definition) is 3. The van der Waals surface area contributed by atoms with Gasteiger partial charge in [0.05, 0.1) is 0 Å². The van der Waals surface area contributed by atoms with Gasteiger partial charge in [-0.1, -0.05) is 109 Å². The molecule has 0 radical (unpaired) electrons. The summed E-state index contributed by atoms with van der Waals surface area (Å²) < 4.78 is 1.13. The average molecular weight is 611 g/mol. The Balaban J connectivity index is 1.45. The number of halogens is 1. The second kappa shape index (κ2) is 10.0. The summed E-state index contributed by atoms with van der Waals surface area (Å²) in [5.74, 6) is 1.99. The molecule has 4 heteroatoms. The summed E-state index contributed by atoms with van der Waals surface area (Å²) in [4.78, 5) is 14.8. The van der Waals surface area contributed by atoms with Gasteiger partial charge in [-0.25, -0.2) is 15.0 Å². The van der Waals surface area contributed by atoms with Crippen LogP contribution in [0, 0.1) is 3.57 Å². The Hall–Kier alpha value is -4.42. The van der Waals surface area contributed by atoms with E-state index in [9.17, 15) is 0 Å². The van der Waals surface area contributed by atoms with E-state index in [-0.39, 0.29) is 0 Å². The van der Waals surface area contributed by atoms with Crippen LogP contribution in [0.25, 0.3) is 66.8 Å². The number of rotatable bonds is 4. The van der Waals surface area contributed by atoms with Crippen molar-refractivity contribution in [3.8, 4) is 45.3 Å². The van der Waals surface area contributed by atoms with Crippen molar-refractivity contribution in [3.05, 3.63) is 137 Å². The predicted molar refractivity (Wildman–Crippen MR) is 169 cm³/mol. The molecule has 0 bridgehead atoms. The van der Waals surface area contributed by atoms with E-state index in [1.807, 2.05) is 60.7 Å². The van der Waals surface area contributed by atoms with Gasteiger partial charge >= 0.3 is 0 Å². The van der Waals surface area contributed by atoms with Crippen LogP contribution < -0.4 is 0 Å². The van der Waals surface area contributed by atoms with Crippen LogP contribution in [0.2, 0.25) is 0 Å². The molecule has 0 aliphatic heterocycles. The van der Waals surface area contributed by atoms with Crippen LogP contribution in [-0.4, -0.2) is 15.0 Å². The molecule has 1 heterocycles. The molecule has 6 aromatic carbocycles. The van der Waals surface area contributed by atoms with Crippen LogP contribution in [0.3, 0.4) is 0 Å². The van der Waals surface area contributed by atoms with Crippen molar-refractivity contribution < 1.29 is 0 Å². The molecular weight excluding hydrogens is 589 g/mol. The number of nitrogens with zero attached hydrogens (tertiary/aromatic N) is 3. The number of benzene rings is 6. The molecule has 0 fully saturated rings. The summed E-state index contributed by atoms with van der Waals surface area (Å²) >= 11 is 2.40. The van der Waals surface area contributed by atoms with Gasteiger partial charge < -0.3 is 0 Å². The summed E-state index contributed by atoms with van der Waals surface area (Å²) in [6, 6.07) is 46.3. The Labute approximate surface area is 240 Å². The lowest BCUT2D eigenvalue weighted by atomic mass is 9.92. The highest BCUT2D eigenvalue weighted by atomic mass is 127. The van der Waals surface area contributed by atoms with Crippen LogP contribution >= 0.6 is 22.6 Å². The molecule has 0 spiro atoms. The number of fused-ring (bicyclic) bond motifs is 3. The summed E-state index contributed by atoms with van der Waals surface area (Å²) in [5.41, 5.74) is 5.23. The Kier molecular flexibility index (Phi) is 6.10. The molecule has 0 amide bonds. The maximum Gasteiger partial charge on any atom is 0.164 e. The predicted octanol–water partition coefficient (Wildman–Crippen LogP) is 9.45. The first-order valence-electron chi connectivity index (χ1n) is 12.8. The summed E-state index contributed by atoms with van der Waals surface area (Å²) in [5, 5.41) is 4.98. The van der Waals surface area contributed by atoms with Gasteiger partial charge in [0.2, 0.25) is 0 Å². The third-order valence-electron chi connectivity index (χ3n) is 6.93. The second-order valence-electron chi connectivity index (χ2n) is 9.46. The van der Waals surface area contributed by atoms with Gasteiger partial charge in [-0.2, -0.15) is 0 Å². The largest absolute Gasteiger partial charge is 0.208 e. The summed E-state index contributed by atoms with van der Waals surface area (Å²) in [6.45, 7) is 0. The lowest BCUT2D eigenvalue weighted by Crippen LogP contribution is -2.00. The first-order valence-corrected chi connectivity index (χ1v) is 13.9. The zero-order chi connectivity index (χ0) is 26.2. The highest BCUT2D eigenvalue weighted by molar-refractivity contribution is 14.1. The van der Waals surface area contributed by atoms with Gasteiger partial charge in [-0.15, -0.1) is 0 Å². The van der Waals surface area contributed by atoms with E-state index >= 15 is 0 Å². The minimum absolute atomic E-state index is 0.660. The second-order valence-corrected chi connectivity index (χ2v) is 10.7. The van der Waals surface area contributed by atoms with E-state index < -0.39 is 0 Å². The summed E-state index contributed by atoms with van der Waals surface area (Å²) in [6.07, 6.45) is 0. The molecule has 39 heavy (non-hydrogen) atoms. The average Bonchev–Trinajstić information content (AvgIpc) is 3.01. The highest BCUT2D eigenvalue weighted by Gasteiger charge is 2.15. The van der Waals surface area contributed by atoms with E-state index in [1.54, 1.807) is 0 Å². The molecule has 0 saturated heterocycles. The zero-order valence-electron chi connectivity index (χ0n) is 20.9. The Morgan fingerprint density at radius 1 is 0.385 bits per heavy atom. The molecule has 0 atom stereocenters. The zero-order valence-corrected chi connectivity index (χ0v) is 23.1. The van der Waals surface area contributed by atoms with Gasteiger partial charge in [0.15, 0.2) is 17.5 Å². The van der Waals surface area contributed by atoms with Gasteiger partial charge in [0, 0.05) is 20.3 Å². The molecule has 0 aliphatic carbocycles. The van der Waals surface area contributed by atoms with Gasteiger partial charge in [0.1, 0.15) is 0 Å². The Bertz CT molecular complexity index is 1910. The minimum atomic E-state index is 0.660. The molecule has 3 nitrogen and oxygen atoms in total. The van der Waals surface area contributed by atoms with Gasteiger partial charge in [-0.05, 0) is 79.5 Å². The van der Waals surface area contributed by atoms with Gasteiger partial charge in [-0.3, -0.25) is 0 Å². The Morgan fingerprint density at radius 2 is 0.872 bits per heavy atom. The molecule has 0 unspecified atom stereocenters. The van der Waals surface area contributed by atoms with Crippen molar-refractivity contribution in [2.24, 2.45) is 0 Å². The molecule has 0 N–H and O–H groups in total. The van der Waals surface area contributed by atoms with Crippen molar-refractivity contribution in [2.75, 3.05) is 0 Å². The molecular formula is C35H22IN3. The van der Waals surface area contributed by atoms with E-state index in [0.717, 1.165) is 25.8 Å². The van der Waals surface area contributed by atoms with E-state index in [2.05, 4.69) is 95.4 Å². The van der Waals surface area contributed by atoms with Crippen molar-refractivity contribution in [2.45, 2.75) is 0 Å². The van der Waals surface area contributed by atoms with E-state index in [4.69, 9.17) is 15.0 Å². The van der Waals surface area contributed by atoms with Crippen LogP contribution in [0.4, 0.5) is 0 Å². The number of aromatic nitrogens is 3. The molecule has 7 rings (SSSR count). The fourth-order valence-electron chi connectivity index (χ4n) is 5.11. The molecule has 0 saturated carbocycles. The highest BCUT2D eigenvalue weighted by Crippen LogP contribution is 2.37. The van der Waals surface area contributed by atoms with Crippen LogP contribution in [-0.2, 0) is 0 Å². The lowest BCUT2D eigenvalue weighted by Gasteiger charge is -2.13. The molecule has 0 aliphatic rings. The molecule has 1 aromatic heterocycles. The molecule has 184 valence electrons. The first-order chi connectivity index (χ1) is 19.2. The Morgan fingerprint density at radius 3 is 1.51 bits per heavy atom. The van der Waals surface area contributed by atoms with Crippen molar-refractivity contribution >= 4 is 44.1 Å². The van der Waals surface area contributed by atoms with Crippen molar-refractivity contribution in [1.82, 2.24) is 15.0 Å². The monoisotopic (exact) mass is 611 g/mol. The smallest absolute Gasteiger partial charge is 0.164 e. The third kappa shape index (κ3) is 4.57. The van der Waals surface area contributed by atoms with Gasteiger partial charge in [0.25, 0.3) is 0 Å². The quantitative estimate of drug-likeness (QED) is 0.147. The SMILES string of the molecule is Ic1cc(-c2nc(-c3ccccc3)nc(-c3ccccc3)n2)cc(-c2cc3ccccc3c3ccccc23)c1. The maximum atomic E-state index is 4.96.